The lowest BCUT2D eigenvalue weighted by Crippen LogP contribution is -2.32. The number of amides is 2. The quantitative estimate of drug-likeness (QED) is 0.524. The van der Waals surface area contributed by atoms with Crippen LogP contribution >= 0.6 is 0 Å². The molecule has 1 aromatic carbocycles. The Kier molecular flexibility index (Phi) is 7.08. The third kappa shape index (κ3) is 6.72. The van der Waals surface area contributed by atoms with Crippen molar-refractivity contribution in [3.05, 3.63) is 29.8 Å². The van der Waals surface area contributed by atoms with Crippen molar-refractivity contribution in [3.63, 3.8) is 0 Å². The van der Waals surface area contributed by atoms with Crippen LogP contribution in [-0.2, 0) is 16.1 Å². The van der Waals surface area contributed by atoms with Gasteiger partial charge in [0.25, 0.3) is 0 Å². The normalized spacial score (nSPS) is 10.1. The first kappa shape index (κ1) is 15.9. The zero-order chi connectivity index (χ0) is 14.8. The van der Waals surface area contributed by atoms with Crippen LogP contribution < -0.4 is 16.0 Å². The van der Waals surface area contributed by atoms with Gasteiger partial charge < -0.3 is 25.8 Å². The fourth-order valence-electron chi connectivity index (χ4n) is 1.53. The van der Waals surface area contributed by atoms with Gasteiger partial charge in [-0.3, -0.25) is 0 Å². The van der Waals surface area contributed by atoms with Crippen LogP contribution in [0, 0.1) is 0 Å². The number of carbonyl (C=O) groups excluding carboxylic acids is 1. The number of aliphatic carboxylic acids is 1. The summed E-state index contributed by atoms with van der Waals surface area (Å²) in [5, 5.41) is 16.6. The van der Waals surface area contributed by atoms with Crippen molar-refractivity contribution in [3.8, 4) is 0 Å². The molecule has 0 radical (unpaired) electrons. The molecular formula is C13H19N3O4. The molecule has 0 aliphatic rings. The molecule has 4 N–H and O–H groups in total. The van der Waals surface area contributed by atoms with E-state index >= 15 is 0 Å². The van der Waals surface area contributed by atoms with Gasteiger partial charge in [-0.25, -0.2) is 9.59 Å². The highest BCUT2D eigenvalue weighted by molar-refractivity contribution is 5.89. The Bertz CT molecular complexity index is 451. The summed E-state index contributed by atoms with van der Waals surface area (Å²) in [5.41, 5.74) is 1.76. The highest BCUT2D eigenvalue weighted by Crippen LogP contribution is 2.10. The van der Waals surface area contributed by atoms with E-state index in [1.54, 1.807) is 6.07 Å². The van der Waals surface area contributed by atoms with Gasteiger partial charge >= 0.3 is 12.0 Å². The number of ether oxygens (including phenoxy) is 1. The SMILES string of the molecule is CNCc1cccc(NC(=O)NCCOCC(=O)O)c1. The fraction of sp³-hybridized carbons (Fsp3) is 0.385. The number of hydrogen-bond donors (Lipinski definition) is 4. The molecule has 0 heterocycles. The van der Waals surface area contributed by atoms with Crippen LogP contribution in [0.25, 0.3) is 0 Å². The monoisotopic (exact) mass is 281 g/mol. The Hall–Kier alpha value is -2.12. The lowest BCUT2D eigenvalue weighted by Gasteiger charge is -2.09. The van der Waals surface area contributed by atoms with Crippen molar-refractivity contribution in [1.82, 2.24) is 10.6 Å². The number of carbonyl (C=O) groups is 2. The van der Waals surface area contributed by atoms with Gasteiger partial charge in [0.1, 0.15) is 6.61 Å². The molecule has 110 valence electrons. The maximum Gasteiger partial charge on any atom is 0.329 e. The standard InChI is InChI=1S/C13H19N3O4/c1-14-8-10-3-2-4-11(7-10)16-13(19)15-5-6-20-9-12(17)18/h2-4,7,14H,5-6,8-9H2,1H3,(H,17,18)(H2,15,16,19). The highest BCUT2D eigenvalue weighted by atomic mass is 16.5. The molecule has 0 aliphatic carbocycles. The van der Waals surface area contributed by atoms with E-state index in [1.165, 1.54) is 0 Å². The highest BCUT2D eigenvalue weighted by Gasteiger charge is 2.02. The third-order valence-corrected chi connectivity index (χ3v) is 2.32. The van der Waals surface area contributed by atoms with Crippen LogP contribution in [0.5, 0.6) is 0 Å². The number of carboxylic acid groups (broad SMARTS) is 1. The predicted molar refractivity (Wildman–Crippen MR) is 74.7 cm³/mol. The minimum atomic E-state index is -1.03. The summed E-state index contributed by atoms with van der Waals surface area (Å²) in [5.74, 6) is -1.03. The van der Waals surface area contributed by atoms with Crippen LogP contribution in [0.2, 0.25) is 0 Å². The Morgan fingerprint density at radius 3 is 2.85 bits per heavy atom. The maximum absolute atomic E-state index is 11.6. The van der Waals surface area contributed by atoms with Gasteiger partial charge in [0.15, 0.2) is 0 Å². The van der Waals surface area contributed by atoms with E-state index in [-0.39, 0.29) is 25.8 Å². The van der Waals surface area contributed by atoms with Crippen molar-refractivity contribution in [2.75, 3.05) is 32.1 Å². The molecule has 0 aliphatic heterocycles. The van der Waals surface area contributed by atoms with E-state index in [4.69, 9.17) is 9.84 Å². The number of nitrogens with one attached hydrogen (secondary N) is 3. The number of urea groups is 1. The van der Waals surface area contributed by atoms with Crippen molar-refractivity contribution in [2.45, 2.75) is 6.54 Å². The molecule has 0 unspecified atom stereocenters. The molecule has 7 nitrogen and oxygen atoms in total. The van der Waals surface area contributed by atoms with Gasteiger partial charge in [-0.15, -0.1) is 0 Å². The summed E-state index contributed by atoms with van der Waals surface area (Å²) in [6.07, 6.45) is 0. The second-order valence-corrected chi connectivity index (χ2v) is 4.06. The second kappa shape index (κ2) is 8.89. The summed E-state index contributed by atoms with van der Waals surface area (Å²) in [6.45, 7) is 0.754. The summed E-state index contributed by atoms with van der Waals surface area (Å²) in [4.78, 5) is 21.8. The Balaban J connectivity index is 2.27. The summed E-state index contributed by atoms with van der Waals surface area (Å²) in [6, 6.07) is 7.12. The Morgan fingerprint density at radius 2 is 2.15 bits per heavy atom. The van der Waals surface area contributed by atoms with E-state index in [1.807, 2.05) is 25.2 Å². The van der Waals surface area contributed by atoms with Gasteiger partial charge in [-0.05, 0) is 24.7 Å². The molecule has 0 fully saturated rings. The van der Waals surface area contributed by atoms with Crippen LogP contribution in [0.1, 0.15) is 5.56 Å². The molecule has 7 heteroatoms. The molecule has 1 aromatic rings. The molecule has 0 aromatic heterocycles. The summed E-state index contributed by atoms with van der Waals surface area (Å²) < 4.78 is 4.80. The van der Waals surface area contributed by atoms with Gasteiger partial charge in [-0.1, -0.05) is 12.1 Å². The lowest BCUT2D eigenvalue weighted by atomic mass is 10.2. The molecule has 0 saturated carbocycles. The minimum absolute atomic E-state index is 0.152. The van der Waals surface area contributed by atoms with Crippen LogP contribution in [0.15, 0.2) is 24.3 Å². The zero-order valence-electron chi connectivity index (χ0n) is 11.3. The van der Waals surface area contributed by atoms with Crippen molar-refractivity contribution >= 4 is 17.7 Å². The second-order valence-electron chi connectivity index (χ2n) is 4.06. The third-order valence-electron chi connectivity index (χ3n) is 2.32. The average molecular weight is 281 g/mol. The number of rotatable bonds is 8. The van der Waals surface area contributed by atoms with E-state index < -0.39 is 5.97 Å². The van der Waals surface area contributed by atoms with Crippen LogP contribution in [0.4, 0.5) is 10.5 Å². The first-order chi connectivity index (χ1) is 9.61. The molecule has 20 heavy (non-hydrogen) atoms. The molecule has 0 spiro atoms. The van der Waals surface area contributed by atoms with E-state index in [9.17, 15) is 9.59 Å². The van der Waals surface area contributed by atoms with Crippen LogP contribution in [0.3, 0.4) is 0 Å². The van der Waals surface area contributed by atoms with Crippen LogP contribution in [-0.4, -0.2) is 43.9 Å². The smallest absolute Gasteiger partial charge is 0.329 e. The molecule has 2 amide bonds. The fourth-order valence-corrected chi connectivity index (χ4v) is 1.53. The summed E-state index contributed by atoms with van der Waals surface area (Å²) in [7, 11) is 1.85. The van der Waals surface area contributed by atoms with Gasteiger partial charge in [0, 0.05) is 18.8 Å². The van der Waals surface area contributed by atoms with Crippen molar-refractivity contribution < 1.29 is 19.4 Å². The zero-order valence-corrected chi connectivity index (χ0v) is 11.3. The molecule has 0 saturated heterocycles. The minimum Gasteiger partial charge on any atom is -0.480 e. The molecule has 0 atom stereocenters. The Morgan fingerprint density at radius 1 is 1.35 bits per heavy atom. The van der Waals surface area contributed by atoms with Gasteiger partial charge in [0.05, 0.1) is 6.61 Å². The van der Waals surface area contributed by atoms with E-state index in [2.05, 4.69) is 16.0 Å². The maximum atomic E-state index is 11.6. The largest absolute Gasteiger partial charge is 0.480 e. The number of hydrogen-bond acceptors (Lipinski definition) is 4. The average Bonchev–Trinajstić information content (AvgIpc) is 2.38. The van der Waals surface area contributed by atoms with Crippen molar-refractivity contribution in [2.24, 2.45) is 0 Å². The number of carboxylic acids is 1. The van der Waals surface area contributed by atoms with Gasteiger partial charge in [-0.2, -0.15) is 0 Å². The van der Waals surface area contributed by atoms with E-state index in [0.29, 0.717) is 5.69 Å². The number of benzene rings is 1. The lowest BCUT2D eigenvalue weighted by molar-refractivity contribution is -0.142. The first-order valence-corrected chi connectivity index (χ1v) is 6.19. The first-order valence-electron chi connectivity index (χ1n) is 6.19. The molecule has 1 rings (SSSR count). The molecular weight excluding hydrogens is 262 g/mol. The molecule has 0 bridgehead atoms. The summed E-state index contributed by atoms with van der Waals surface area (Å²) >= 11 is 0. The predicted octanol–water partition coefficient (Wildman–Crippen LogP) is 0.629. The van der Waals surface area contributed by atoms with E-state index in [0.717, 1.165) is 12.1 Å². The Labute approximate surface area is 117 Å². The van der Waals surface area contributed by atoms with Crippen molar-refractivity contribution in [1.29, 1.82) is 0 Å². The topological polar surface area (TPSA) is 99.7 Å². The van der Waals surface area contributed by atoms with Gasteiger partial charge in [0.2, 0.25) is 0 Å². The number of anilines is 1.